The van der Waals surface area contributed by atoms with Crippen molar-refractivity contribution in [3.8, 4) is 22.8 Å². The predicted molar refractivity (Wildman–Crippen MR) is 152 cm³/mol. The zero-order chi connectivity index (χ0) is 28.5. The van der Waals surface area contributed by atoms with Gasteiger partial charge in [0.15, 0.2) is 0 Å². The van der Waals surface area contributed by atoms with Crippen LogP contribution in [0.1, 0.15) is 54.3 Å². The van der Waals surface area contributed by atoms with Crippen LogP contribution in [0.3, 0.4) is 0 Å². The molecule has 1 amide bonds. The average Bonchev–Trinajstić information content (AvgIpc) is 3.13. The SMILES string of the molecule is CC(C)COc1cc(F)cc(-c2ccc(C(=O)NS(=O)(=O)c3cccc(O)c3)c(N3C[C@@H](C)CC3(C)C)n2)c1.[HH].[HH]. The van der Waals surface area contributed by atoms with Gasteiger partial charge >= 0.3 is 0 Å². The van der Waals surface area contributed by atoms with Gasteiger partial charge < -0.3 is 14.7 Å². The van der Waals surface area contributed by atoms with Gasteiger partial charge in [-0.25, -0.2) is 22.5 Å². The first-order chi connectivity index (χ1) is 18.2. The second-order valence-corrected chi connectivity index (χ2v) is 12.8. The van der Waals surface area contributed by atoms with Gasteiger partial charge in [0.25, 0.3) is 15.9 Å². The topological polar surface area (TPSA) is 109 Å². The predicted octanol–water partition coefficient (Wildman–Crippen LogP) is 5.86. The number of sulfonamides is 1. The van der Waals surface area contributed by atoms with E-state index in [1.165, 1.54) is 36.4 Å². The molecule has 1 fully saturated rings. The molecule has 39 heavy (non-hydrogen) atoms. The van der Waals surface area contributed by atoms with Crippen LogP contribution in [0.5, 0.6) is 11.5 Å². The minimum Gasteiger partial charge on any atom is -0.508 e. The molecule has 8 nitrogen and oxygen atoms in total. The maximum atomic E-state index is 14.5. The Morgan fingerprint density at radius 3 is 2.62 bits per heavy atom. The van der Waals surface area contributed by atoms with Gasteiger partial charge in [0.05, 0.1) is 22.8 Å². The first-order valence-corrected chi connectivity index (χ1v) is 14.3. The van der Waals surface area contributed by atoms with E-state index in [0.29, 0.717) is 41.9 Å². The number of halogens is 1. The number of anilines is 1. The van der Waals surface area contributed by atoms with Crippen molar-refractivity contribution in [3.05, 3.63) is 66.0 Å². The molecule has 0 spiro atoms. The monoisotopic (exact) mass is 559 g/mol. The van der Waals surface area contributed by atoms with Crippen LogP contribution in [0.2, 0.25) is 0 Å². The molecule has 1 aliphatic rings. The number of nitrogens with one attached hydrogen (secondary N) is 1. The highest BCUT2D eigenvalue weighted by atomic mass is 32.2. The van der Waals surface area contributed by atoms with Crippen molar-refractivity contribution in [1.29, 1.82) is 0 Å². The number of aromatic nitrogens is 1. The summed E-state index contributed by atoms with van der Waals surface area (Å²) in [5.74, 6) is -0.337. The maximum Gasteiger partial charge on any atom is 0.268 e. The third kappa shape index (κ3) is 6.50. The lowest BCUT2D eigenvalue weighted by Crippen LogP contribution is -2.41. The molecule has 2 N–H and O–H groups in total. The van der Waals surface area contributed by atoms with Crippen LogP contribution in [-0.2, 0) is 10.0 Å². The molecular formula is C29H38FN3O5S. The molecule has 0 bridgehead atoms. The van der Waals surface area contributed by atoms with Crippen molar-refractivity contribution in [3.63, 3.8) is 0 Å². The molecule has 3 aromatic rings. The smallest absolute Gasteiger partial charge is 0.268 e. The van der Waals surface area contributed by atoms with Crippen molar-refractivity contribution in [2.24, 2.45) is 11.8 Å². The van der Waals surface area contributed by atoms with Crippen LogP contribution in [0, 0.1) is 17.7 Å². The van der Waals surface area contributed by atoms with E-state index in [1.54, 1.807) is 12.1 Å². The van der Waals surface area contributed by atoms with Crippen molar-refractivity contribution >= 4 is 21.7 Å². The fourth-order valence-electron chi connectivity index (χ4n) is 4.90. The third-order valence-corrected chi connectivity index (χ3v) is 7.88. The number of nitrogens with zero attached hydrogens (tertiary/aromatic N) is 2. The fourth-order valence-corrected chi connectivity index (χ4v) is 5.90. The fraction of sp³-hybridized carbons (Fsp3) is 0.379. The Balaban J connectivity index is 0.00000294. The minimum atomic E-state index is -4.27. The van der Waals surface area contributed by atoms with E-state index in [1.807, 2.05) is 32.6 Å². The Morgan fingerprint density at radius 1 is 1.23 bits per heavy atom. The summed E-state index contributed by atoms with van der Waals surface area (Å²) in [7, 11) is -4.27. The van der Waals surface area contributed by atoms with E-state index in [0.717, 1.165) is 12.5 Å². The summed E-state index contributed by atoms with van der Waals surface area (Å²) < 4.78 is 48.2. The Bertz CT molecular complexity index is 1500. The number of ether oxygens (including phenoxy) is 1. The summed E-state index contributed by atoms with van der Waals surface area (Å²) in [6, 6.07) is 12.5. The molecule has 212 valence electrons. The first-order valence-electron chi connectivity index (χ1n) is 12.8. The van der Waals surface area contributed by atoms with E-state index in [-0.39, 0.29) is 30.5 Å². The Hall–Kier alpha value is -3.66. The highest BCUT2D eigenvalue weighted by molar-refractivity contribution is 7.90. The number of hydrogen-bond donors (Lipinski definition) is 2. The highest BCUT2D eigenvalue weighted by Crippen LogP contribution is 2.38. The third-order valence-electron chi connectivity index (χ3n) is 6.55. The van der Waals surface area contributed by atoms with Crippen LogP contribution in [-0.4, -0.2) is 43.1 Å². The van der Waals surface area contributed by atoms with E-state index in [9.17, 15) is 22.7 Å². The standard InChI is InChI=1S/C29H34FN3O5S.2H2/c1-18(2)17-38-23-12-20(11-21(30)13-23)26-10-9-25(27(31-26)33-16-19(3)15-29(33,4)5)28(35)32-39(36,37)24-8-6-7-22(34)14-24;;/h6-14,18-19,34H,15-17H2,1-5H3,(H,32,35);2*1H/t19-;;/m0../s1. The van der Waals surface area contributed by atoms with Crippen molar-refractivity contribution in [2.45, 2.75) is 51.5 Å². The first kappa shape index (κ1) is 28.4. The lowest BCUT2D eigenvalue weighted by molar-refractivity contribution is 0.0981. The van der Waals surface area contributed by atoms with Gasteiger partial charge in [-0.3, -0.25) is 4.79 Å². The van der Waals surface area contributed by atoms with Crippen LogP contribution in [0.15, 0.2) is 59.5 Å². The number of amides is 1. The maximum absolute atomic E-state index is 14.5. The normalized spacial score (nSPS) is 16.9. The lowest BCUT2D eigenvalue weighted by atomic mass is 9.97. The summed E-state index contributed by atoms with van der Waals surface area (Å²) in [6.45, 7) is 11.2. The van der Waals surface area contributed by atoms with Gasteiger partial charge in [-0.2, -0.15) is 0 Å². The Morgan fingerprint density at radius 2 is 1.97 bits per heavy atom. The van der Waals surface area contributed by atoms with Crippen LogP contribution >= 0.6 is 0 Å². The van der Waals surface area contributed by atoms with Gasteiger partial charge in [-0.05, 0) is 68.5 Å². The van der Waals surface area contributed by atoms with Gasteiger partial charge in [-0.1, -0.05) is 26.8 Å². The van der Waals surface area contributed by atoms with Gasteiger partial charge in [-0.15, -0.1) is 0 Å². The molecule has 10 heteroatoms. The number of carbonyl (C=O) groups excluding carboxylic acids is 1. The molecule has 1 aliphatic heterocycles. The zero-order valence-electron chi connectivity index (χ0n) is 22.7. The molecule has 2 aromatic carbocycles. The molecule has 2 heterocycles. The zero-order valence-corrected chi connectivity index (χ0v) is 23.5. The molecule has 4 rings (SSSR count). The number of phenols is 1. The number of aromatic hydroxyl groups is 1. The summed E-state index contributed by atoms with van der Waals surface area (Å²) in [6.07, 6.45) is 0.842. The second-order valence-electron chi connectivity index (χ2n) is 11.1. The Kier molecular flexibility index (Phi) is 7.88. The number of benzene rings is 2. The number of pyridine rings is 1. The van der Waals surface area contributed by atoms with Crippen LogP contribution in [0.25, 0.3) is 11.3 Å². The quantitative estimate of drug-likeness (QED) is 0.356. The summed E-state index contributed by atoms with van der Waals surface area (Å²) in [5.41, 5.74) is 0.593. The van der Waals surface area contributed by atoms with Crippen molar-refractivity contribution in [1.82, 2.24) is 9.71 Å². The van der Waals surface area contributed by atoms with Gasteiger partial charge in [0.2, 0.25) is 0 Å². The summed E-state index contributed by atoms with van der Waals surface area (Å²) in [5, 5.41) is 9.71. The van der Waals surface area contributed by atoms with Crippen molar-refractivity contribution in [2.75, 3.05) is 18.1 Å². The molecule has 1 saturated heterocycles. The lowest BCUT2D eigenvalue weighted by Gasteiger charge is -2.34. The molecule has 0 saturated carbocycles. The second kappa shape index (κ2) is 10.8. The molecule has 1 atom stereocenters. The van der Waals surface area contributed by atoms with Crippen LogP contribution < -0.4 is 14.4 Å². The summed E-state index contributed by atoms with van der Waals surface area (Å²) in [4.78, 5) is 19.9. The highest BCUT2D eigenvalue weighted by Gasteiger charge is 2.39. The number of hydrogen-bond acceptors (Lipinski definition) is 7. The van der Waals surface area contributed by atoms with Gasteiger partial charge in [0.1, 0.15) is 23.1 Å². The number of carbonyl (C=O) groups is 1. The average molecular weight is 560 g/mol. The van der Waals surface area contributed by atoms with Gasteiger partial charge in [0, 0.05) is 32.6 Å². The molecule has 0 aliphatic carbocycles. The molecule has 0 radical (unpaired) electrons. The van der Waals surface area contributed by atoms with E-state index in [2.05, 4.69) is 11.6 Å². The largest absolute Gasteiger partial charge is 0.508 e. The number of phenolic OH excluding ortho intramolecular Hbond substituents is 1. The molecule has 0 unspecified atom stereocenters. The minimum absolute atomic E-state index is 0. The number of rotatable bonds is 8. The molecular weight excluding hydrogens is 521 g/mol. The van der Waals surface area contributed by atoms with E-state index in [4.69, 9.17) is 9.72 Å². The van der Waals surface area contributed by atoms with E-state index >= 15 is 0 Å². The van der Waals surface area contributed by atoms with Crippen LogP contribution in [0.4, 0.5) is 10.2 Å². The summed E-state index contributed by atoms with van der Waals surface area (Å²) >= 11 is 0. The van der Waals surface area contributed by atoms with Crippen molar-refractivity contribution < 1.29 is 30.3 Å². The Labute approximate surface area is 231 Å². The molecule has 1 aromatic heterocycles. The van der Waals surface area contributed by atoms with E-state index < -0.39 is 21.7 Å².